The monoisotopic (exact) mass is 252 g/mol. The Kier molecular flexibility index (Phi) is 4.48. The van der Waals surface area contributed by atoms with E-state index < -0.39 is 0 Å². The van der Waals surface area contributed by atoms with Gasteiger partial charge in [-0.3, -0.25) is 4.79 Å². The van der Waals surface area contributed by atoms with Crippen molar-refractivity contribution < 1.29 is 4.79 Å². The maximum Gasteiger partial charge on any atom is 0.238 e. The molecule has 0 aliphatic carbocycles. The normalized spacial score (nSPS) is 10.6. The van der Waals surface area contributed by atoms with E-state index in [0.29, 0.717) is 0 Å². The lowest BCUT2D eigenvalue weighted by molar-refractivity contribution is -0.114. The van der Waals surface area contributed by atoms with Crippen LogP contribution in [0.5, 0.6) is 0 Å². The zero-order valence-electron chi connectivity index (χ0n) is 10.5. The predicted octanol–water partition coefficient (Wildman–Crippen LogP) is 2.75. The van der Waals surface area contributed by atoms with E-state index in [2.05, 4.69) is 5.32 Å². The van der Waals surface area contributed by atoms with E-state index in [9.17, 15) is 4.79 Å². The Morgan fingerprint density at radius 3 is 2.42 bits per heavy atom. The third-order valence-electron chi connectivity index (χ3n) is 2.68. The van der Waals surface area contributed by atoms with Gasteiger partial charge in [0.05, 0.1) is 6.54 Å². The smallest absolute Gasteiger partial charge is 0.238 e. The average Bonchev–Trinajstić information content (AvgIpc) is 2.47. The van der Waals surface area contributed by atoms with E-state index >= 15 is 0 Å². The van der Waals surface area contributed by atoms with Crippen LogP contribution in [0, 0.1) is 0 Å². The first-order chi connectivity index (χ1) is 9.29. The summed E-state index contributed by atoms with van der Waals surface area (Å²) in [5.74, 6) is -0.194. The summed E-state index contributed by atoms with van der Waals surface area (Å²) in [4.78, 5) is 11.3. The Bertz CT molecular complexity index is 576. The number of nitrogens with one attached hydrogen (secondary N) is 1. The van der Waals surface area contributed by atoms with Crippen LogP contribution < -0.4 is 11.1 Å². The minimum Gasteiger partial charge on any atom is -0.324 e. The first kappa shape index (κ1) is 13.1. The number of hydrogen-bond donors (Lipinski definition) is 2. The molecule has 2 rings (SSSR count). The van der Waals surface area contributed by atoms with Gasteiger partial charge in [0.1, 0.15) is 0 Å². The lowest BCUT2D eigenvalue weighted by Gasteiger charge is -2.07. The molecule has 0 bridgehead atoms. The quantitative estimate of drug-likeness (QED) is 0.822. The predicted molar refractivity (Wildman–Crippen MR) is 79.5 cm³/mol. The number of rotatable bonds is 4. The molecule has 3 nitrogen and oxygen atoms in total. The average molecular weight is 252 g/mol. The molecule has 0 aliphatic rings. The molecule has 0 aliphatic heterocycles. The molecule has 3 N–H and O–H groups in total. The highest BCUT2D eigenvalue weighted by Crippen LogP contribution is 2.18. The number of benzene rings is 2. The molecular weight excluding hydrogens is 236 g/mol. The number of carbonyl (C=O) groups is 1. The van der Waals surface area contributed by atoms with E-state index in [-0.39, 0.29) is 12.5 Å². The van der Waals surface area contributed by atoms with Crippen LogP contribution in [0.2, 0.25) is 0 Å². The lowest BCUT2D eigenvalue weighted by Crippen LogP contribution is -2.22. The summed E-state index contributed by atoms with van der Waals surface area (Å²) in [6.07, 6.45) is 3.98. The highest BCUT2D eigenvalue weighted by molar-refractivity contribution is 5.94. The molecular formula is C16H16N2O. The Balaban J connectivity index is 2.20. The van der Waals surface area contributed by atoms with Gasteiger partial charge in [-0.05, 0) is 17.2 Å². The van der Waals surface area contributed by atoms with E-state index in [0.717, 1.165) is 16.8 Å². The van der Waals surface area contributed by atoms with Gasteiger partial charge in [-0.25, -0.2) is 0 Å². The van der Waals surface area contributed by atoms with Crippen molar-refractivity contribution in [1.82, 2.24) is 0 Å². The van der Waals surface area contributed by atoms with Crippen LogP contribution in [0.3, 0.4) is 0 Å². The molecule has 0 radical (unpaired) electrons. The van der Waals surface area contributed by atoms with Gasteiger partial charge in [0.15, 0.2) is 0 Å². The highest BCUT2D eigenvalue weighted by Gasteiger charge is 2.02. The standard InChI is InChI=1S/C16H16N2O/c17-12-16(19)18-15-9-5-4-8-14(15)11-10-13-6-2-1-3-7-13/h1-11H,12,17H2,(H,18,19). The molecule has 2 aromatic carbocycles. The lowest BCUT2D eigenvalue weighted by atomic mass is 10.1. The summed E-state index contributed by atoms with van der Waals surface area (Å²) >= 11 is 0. The molecule has 0 saturated heterocycles. The second-order valence-corrected chi connectivity index (χ2v) is 4.08. The molecule has 3 heteroatoms. The summed E-state index contributed by atoms with van der Waals surface area (Å²) in [6, 6.07) is 17.6. The molecule has 0 fully saturated rings. The molecule has 0 aromatic heterocycles. The number of hydrogen-bond acceptors (Lipinski definition) is 2. The maximum atomic E-state index is 11.3. The second kappa shape index (κ2) is 6.52. The Morgan fingerprint density at radius 1 is 1.00 bits per heavy atom. The van der Waals surface area contributed by atoms with Crippen molar-refractivity contribution >= 4 is 23.7 Å². The van der Waals surface area contributed by atoms with Gasteiger partial charge in [0.2, 0.25) is 5.91 Å². The Labute approximate surface area is 112 Å². The Hall–Kier alpha value is -2.39. The molecule has 0 saturated carbocycles. The summed E-state index contributed by atoms with van der Waals surface area (Å²) in [6.45, 7) is -0.0171. The third-order valence-corrected chi connectivity index (χ3v) is 2.68. The van der Waals surface area contributed by atoms with Crippen LogP contribution in [0.1, 0.15) is 11.1 Å². The topological polar surface area (TPSA) is 55.1 Å². The zero-order valence-corrected chi connectivity index (χ0v) is 10.5. The minimum atomic E-state index is -0.194. The molecule has 0 atom stereocenters. The first-order valence-corrected chi connectivity index (χ1v) is 6.11. The number of anilines is 1. The van der Waals surface area contributed by atoms with Crippen molar-refractivity contribution in [1.29, 1.82) is 0 Å². The van der Waals surface area contributed by atoms with Crippen LogP contribution in [0.15, 0.2) is 54.6 Å². The van der Waals surface area contributed by atoms with Gasteiger partial charge in [-0.15, -0.1) is 0 Å². The Morgan fingerprint density at radius 2 is 1.68 bits per heavy atom. The minimum absolute atomic E-state index is 0.0171. The fourth-order valence-electron chi connectivity index (χ4n) is 1.71. The molecule has 0 spiro atoms. The largest absolute Gasteiger partial charge is 0.324 e. The van der Waals surface area contributed by atoms with Gasteiger partial charge < -0.3 is 11.1 Å². The van der Waals surface area contributed by atoms with Crippen LogP contribution in [0.4, 0.5) is 5.69 Å². The molecule has 0 heterocycles. The number of amides is 1. The van der Waals surface area contributed by atoms with Crippen molar-refractivity contribution in [3.05, 3.63) is 65.7 Å². The van der Waals surface area contributed by atoms with Gasteiger partial charge in [0, 0.05) is 5.69 Å². The fourth-order valence-corrected chi connectivity index (χ4v) is 1.71. The molecule has 1 amide bonds. The van der Waals surface area contributed by atoms with Gasteiger partial charge >= 0.3 is 0 Å². The number of carbonyl (C=O) groups excluding carboxylic acids is 1. The van der Waals surface area contributed by atoms with Crippen molar-refractivity contribution in [3.8, 4) is 0 Å². The number of para-hydroxylation sites is 1. The molecule has 19 heavy (non-hydrogen) atoms. The summed E-state index contributed by atoms with van der Waals surface area (Å²) in [5.41, 5.74) is 8.14. The summed E-state index contributed by atoms with van der Waals surface area (Å²) < 4.78 is 0. The summed E-state index contributed by atoms with van der Waals surface area (Å²) in [7, 11) is 0. The van der Waals surface area contributed by atoms with Gasteiger partial charge in [-0.2, -0.15) is 0 Å². The van der Waals surface area contributed by atoms with E-state index in [4.69, 9.17) is 5.73 Å². The van der Waals surface area contributed by atoms with Crippen LogP contribution in [0.25, 0.3) is 12.2 Å². The van der Waals surface area contributed by atoms with Crippen molar-refractivity contribution in [3.63, 3.8) is 0 Å². The highest BCUT2D eigenvalue weighted by atomic mass is 16.1. The second-order valence-electron chi connectivity index (χ2n) is 4.08. The van der Waals surface area contributed by atoms with Crippen molar-refractivity contribution in [2.75, 3.05) is 11.9 Å². The van der Waals surface area contributed by atoms with E-state index in [1.54, 1.807) is 0 Å². The van der Waals surface area contributed by atoms with Gasteiger partial charge in [-0.1, -0.05) is 60.7 Å². The van der Waals surface area contributed by atoms with E-state index in [1.165, 1.54) is 0 Å². The van der Waals surface area contributed by atoms with Crippen molar-refractivity contribution in [2.45, 2.75) is 0 Å². The molecule has 96 valence electrons. The first-order valence-electron chi connectivity index (χ1n) is 6.11. The van der Waals surface area contributed by atoms with Crippen LogP contribution in [-0.2, 0) is 4.79 Å². The summed E-state index contributed by atoms with van der Waals surface area (Å²) in [5, 5.41) is 2.78. The SMILES string of the molecule is NCC(=O)Nc1ccccc1C=Cc1ccccc1. The van der Waals surface area contributed by atoms with Gasteiger partial charge in [0.25, 0.3) is 0 Å². The maximum absolute atomic E-state index is 11.3. The zero-order chi connectivity index (χ0) is 13.5. The van der Waals surface area contributed by atoms with Crippen LogP contribution >= 0.6 is 0 Å². The molecule has 0 unspecified atom stereocenters. The van der Waals surface area contributed by atoms with Crippen LogP contribution in [-0.4, -0.2) is 12.5 Å². The molecule has 2 aromatic rings. The third kappa shape index (κ3) is 3.79. The van der Waals surface area contributed by atoms with E-state index in [1.807, 2.05) is 66.7 Å². The fraction of sp³-hybridized carbons (Fsp3) is 0.0625. The number of nitrogens with two attached hydrogens (primary N) is 1. The van der Waals surface area contributed by atoms with Crippen molar-refractivity contribution in [2.24, 2.45) is 5.73 Å².